The summed E-state index contributed by atoms with van der Waals surface area (Å²) in [6.07, 6.45) is 5.61. The highest BCUT2D eigenvalue weighted by Crippen LogP contribution is 2.25. The van der Waals surface area contributed by atoms with Crippen LogP contribution in [0.25, 0.3) is 10.9 Å². The molecule has 0 atom stereocenters. The molecule has 2 heterocycles. The molecule has 0 amide bonds. The average Bonchev–Trinajstić information content (AvgIpc) is 2.78. The van der Waals surface area contributed by atoms with Gasteiger partial charge in [-0.15, -0.1) is 0 Å². The first-order valence-corrected chi connectivity index (χ1v) is 11.9. The molecule has 0 spiro atoms. The molecule has 0 saturated heterocycles. The molecule has 0 radical (unpaired) electrons. The summed E-state index contributed by atoms with van der Waals surface area (Å²) < 4.78 is 28.4. The second-order valence-corrected chi connectivity index (χ2v) is 9.31. The Bertz CT molecular complexity index is 1270. The van der Waals surface area contributed by atoms with Gasteiger partial charge in [0.1, 0.15) is 0 Å². The summed E-state index contributed by atoms with van der Waals surface area (Å²) in [5.74, 6) is 0. The Balaban J connectivity index is 1.49. The summed E-state index contributed by atoms with van der Waals surface area (Å²) >= 11 is 0. The SMILES string of the molecule is Cc1ccc(S(=O)(=O)Nc2cccc3ccc(CCCCc4ccccn4)nc23)cc1. The molecule has 2 aromatic carbocycles. The van der Waals surface area contributed by atoms with Crippen LogP contribution in [0.2, 0.25) is 0 Å². The normalized spacial score (nSPS) is 11.5. The second kappa shape index (κ2) is 9.27. The van der Waals surface area contributed by atoms with Crippen LogP contribution >= 0.6 is 0 Å². The van der Waals surface area contributed by atoms with E-state index >= 15 is 0 Å². The number of sulfonamides is 1. The van der Waals surface area contributed by atoms with Crippen LogP contribution in [0.5, 0.6) is 0 Å². The first-order chi connectivity index (χ1) is 15.0. The number of anilines is 1. The molecule has 4 rings (SSSR count). The Morgan fingerprint density at radius 3 is 2.32 bits per heavy atom. The highest BCUT2D eigenvalue weighted by molar-refractivity contribution is 7.92. The number of fused-ring (bicyclic) bond motifs is 1. The van der Waals surface area contributed by atoms with Gasteiger partial charge in [-0.1, -0.05) is 42.0 Å². The highest BCUT2D eigenvalue weighted by atomic mass is 32.2. The Morgan fingerprint density at radius 2 is 1.58 bits per heavy atom. The molecule has 0 unspecified atom stereocenters. The number of hydrogen-bond acceptors (Lipinski definition) is 4. The van der Waals surface area contributed by atoms with Crippen LogP contribution in [0.15, 0.2) is 83.9 Å². The van der Waals surface area contributed by atoms with Gasteiger partial charge >= 0.3 is 0 Å². The van der Waals surface area contributed by atoms with Crippen molar-refractivity contribution >= 4 is 26.6 Å². The summed E-state index contributed by atoms with van der Waals surface area (Å²) in [5.41, 5.74) is 4.23. The Morgan fingerprint density at radius 1 is 0.806 bits per heavy atom. The fourth-order valence-electron chi connectivity index (χ4n) is 3.49. The zero-order valence-corrected chi connectivity index (χ0v) is 18.3. The molecule has 1 N–H and O–H groups in total. The summed E-state index contributed by atoms with van der Waals surface area (Å²) in [7, 11) is -3.68. The first-order valence-electron chi connectivity index (χ1n) is 10.4. The van der Waals surface area contributed by atoms with Crippen LogP contribution in [0.4, 0.5) is 5.69 Å². The molecule has 0 aliphatic carbocycles. The van der Waals surface area contributed by atoms with Crippen molar-refractivity contribution in [3.05, 3.63) is 95.9 Å². The second-order valence-electron chi connectivity index (χ2n) is 7.63. The van der Waals surface area contributed by atoms with Gasteiger partial charge in [0.2, 0.25) is 0 Å². The third-order valence-corrected chi connectivity index (χ3v) is 6.58. The maximum atomic E-state index is 12.8. The number of benzene rings is 2. The molecule has 0 saturated carbocycles. The van der Waals surface area contributed by atoms with Gasteiger partial charge in [0.05, 0.1) is 16.1 Å². The van der Waals surface area contributed by atoms with E-state index in [1.807, 2.05) is 55.6 Å². The minimum Gasteiger partial charge on any atom is -0.277 e. The largest absolute Gasteiger partial charge is 0.277 e. The summed E-state index contributed by atoms with van der Waals surface area (Å²) in [4.78, 5) is 9.36. The van der Waals surface area contributed by atoms with Gasteiger partial charge in [0.15, 0.2) is 0 Å². The van der Waals surface area contributed by atoms with Crippen molar-refractivity contribution in [3.8, 4) is 0 Å². The van der Waals surface area contributed by atoms with Gasteiger partial charge in [-0.25, -0.2) is 8.42 Å². The maximum absolute atomic E-state index is 12.8. The predicted octanol–water partition coefficient (Wildman–Crippen LogP) is 5.30. The zero-order chi connectivity index (χ0) is 21.7. The number of aromatic nitrogens is 2. The molecule has 4 aromatic rings. The molecule has 31 heavy (non-hydrogen) atoms. The predicted molar refractivity (Wildman–Crippen MR) is 125 cm³/mol. The van der Waals surface area contributed by atoms with E-state index in [2.05, 4.69) is 9.71 Å². The Hall–Kier alpha value is -3.25. The molecule has 6 heteroatoms. The van der Waals surface area contributed by atoms with E-state index in [1.165, 1.54) is 0 Å². The smallest absolute Gasteiger partial charge is 0.261 e. The van der Waals surface area contributed by atoms with Gasteiger partial charge < -0.3 is 0 Å². The monoisotopic (exact) mass is 431 g/mol. The molecular formula is C25H25N3O2S. The van der Waals surface area contributed by atoms with Gasteiger partial charge in [-0.3, -0.25) is 14.7 Å². The van der Waals surface area contributed by atoms with Crippen LogP contribution in [-0.4, -0.2) is 18.4 Å². The van der Waals surface area contributed by atoms with E-state index < -0.39 is 10.0 Å². The van der Waals surface area contributed by atoms with Crippen LogP contribution < -0.4 is 4.72 Å². The van der Waals surface area contributed by atoms with Crippen molar-refractivity contribution in [1.29, 1.82) is 0 Å². The maximum Gasteiger partial charge on any atom is 0.261 e. The van der Waals surface area contributed by atoms with Crippen LogP contribution in [0.1, 0.15) is 29.8 Å². The standard InChI is InChI=1S/C25H25N3O2S/c1-19-12-16-23(17-13-19)31(29,30)28-24-11-6-7-20-14-15-22(27-25(20)24)10-3-2-8-21-9-4-5-18-26-21/h4-7,9,11-18,28H,2-3,8,10H2,1H3. The number of nitrogens with zero attached hydrogens (tertiary/aromatic N) is 2. The Kier molecular flexibility index (Phi) is 6.28. The number of hydrogen-bond donors (Lipinski definition) is 1. The van der Waals surface area contributed by atoms with Crippen molar-refractivity contribution in [2.45, 2.75) is 37.5 Å². The van der Waals surface area contributed by atoms with Crippen molar-refractivity contribution in [1.82, 2.24) is 9.97 Å². The van der Waals surface area contributed by atoms with E-state index in [0.29, 0.717) is 11.2 Å². The fourth-order valence-corrected chi connectivity index (χ4v) is 4.55. The summed E-state index contributed by atoms with van der Waals surface area (Å²) in [6, 6.07) is 22.3. The van der Waals surface area contributed by atoms with Gasteiger partial charge in [0.25, 0.3) is 10.0 Å². The van der Waals surface area contributed by atoms with Gasteiger partial charge in [-0.2, -0.15) is 0 Å². The van der Waals surface area contributed by atoms with E-state index in [4.69, 9.17) is 4.98 Å². The van der Waals surface area contributed by atoms with E-state index in [1.54, 1.807) is 30.3 Å². The van der Waals surface area contributed by atoms with Crippen LogP contribution in [0.3, 0.4) is 0 Å². The highest BCUT2D eigenvalue weighted by Gasteiger charge is 2.16. The Labute approximate surface area is 183 Å². The third-order valence-electron chi connectivity index (χ3n) is 5.20. The number of pyridine rings is 2. The molecule has 0 fully saturated rings. The van der Waals surface area contributed by atoms with E-state index in [9.17, 15) is 8.42 Å². The molecule has 5 nitrogen and oxygen atoms in total. The lowest BCUT2D eigenvalue weighted by Gasteiger charge is -2.11. The molecule has 0 aliphatic heterocycles. The van der Waals surface area contributed by atoms with Crippen LogP contribution in [0, 0.1) is 6.92 Å². The minimum absolute atomic E-state index is 0.237. The number of unbranched alkanes of at least 4 members (excludes halogenated alkanes) is 1. The topological polar surface area (TPSA) is 72.0 Å². The fraction of sp³-hybridized carbons (Fsp3) is 0.200. The zero-order valence-electron chi connectivity index (χ0n) is 17.5. The van der Waals surface area contributed by atoms with Crippen molar-refractivity contribution < 1.29 is 8.42 Å². The number of aryl methyl sites for hydroxylation is 3. The average molecular weight is 432 g/mol. The first kappa shape index (κ1) is 21.0. The summed E-state index contributed by atoms with van der Waals surface area (Å²) in [5, 5.41) is 0.904. The molecular weight excluding hydrogens is 406 g/mol. The number of para-hydroxylation sites is 1. The lowest BCUT2D eigenvalue weighted by molar-refractivity contribution is 0.601. The molecule has 0 aliphatic rings. The summed E-state index contributed by atoms with van der Waals surface area (Å²) in [6.45, 7) is 1.93. The van der Waals surface area contributed by atoms with Crippen molar-refractivity contribution in [2.75, 3.05) is 4.72 Å². The van der Waals surface area contributed by atoms with Crippen molar-refractivity contribution in [3.63, 3.8) is 0 Å². The number of rotatable bonds is 8. The third kappa shape index (κ3) is 5.27. The van der Waals surface area contributed by atoms with Gasteiger partial charge in [0, 0.05) is 23.0 Å². The minimum atomic E-state index is -3.68. The van der Waals surface area contributed by atoms with Crippen molar-refractivity contribution in [2.24, 2.45) is 0 Å². The molecule has 0 bridgehead atoms. The number of nitrogens with one attached hydrogen (secondary N) is 1. The van der Waals surface area contributed by atoms with Crippen LogP contribution in [-0.2, 0) is 22.9 Å². The van der Waals surface area contributed by atoms with Gasteiger partial charge in [-0.05, 0) is 69.0 Å². The lowest BCUT2D eigenvalue weighted by Crippen LogP contribution is -2.13. The quantitative estimate of drug-likeness (QED) is 0.384. The molecule has 158 valence electrons. The molecule has 2 aromatic heterocycles. The van der Waals surface area contributed by atoms with E-state index in [-0.39, 0.29) is 4.90 Å². The lowest BCUT2D eigenvalue weighted by atomic mass is 10.1. The van der Waals surface area contributed by atoms with E-state index in [0.717, 1.165) is 48.0 Å².